The molecule has 0 spiro atoms. The van der Waals surface area contributed by atoms with Gasteiger partial charge in [0.2, 0.25) is 10.1 Å². The standard InChI is InChI=1S/C8H12N4S/c1-6(2)5-10-7-11-12-4-3-9-8(12)13-7/h3-4,6H,5H2,1-2H3,(H,10,11). The number of aromatic nitrogens is 3. The molecule has 0 bridgehead atoms. The van der Waals surface area contributed by atoms with Crippen molar-refractivity contribution in [1.82, 2.24) is 14.6 Å². The molecule has 2 heterocycles. The van der Waals surface area contributed by atoms with E-state index >= 15 is 0 Å². The fourth-order valence-electron chi connectivity index (χ4n) is 1.000. The number of nitrogens with zero attached hydrogens (tertiary/aromatic N) is 3. The lowest BCUT2D eigenvalue weighted by molar-refractivity contribution is 0.687. The molecule has 0 amide bonds. The van der Waals surface area contributed by atoms with Crippen molar-refractivity contribution in [3.63, 3.8) is 0 Å². The van der Waals surface area contributed by atoms with Gasteiger partial charge in [-0.3, -0.25) is 0 Å². The second-order valence-electron chi connectivity index (χ2n) is 3.34. The van der Waals surface area contributed by atoms with Gasteiger partial charge in [-0.1, -0.05) is 25.2 Å². The Hall–Kier alpha value is -1.10. The SMILES string of the molecule is CC(C)CNc1nn2ccnc2s1. The van der Waals surface area contributed by atoms with Gasteiger partial charge in [0.1, 0.15) is 0 Å². The maximum atomic E-state index is 4.31. The molecular formula is C8H12N4S. The third-order valence-electron chi connectivity index (χ3n) is 1.64. The van der Waals surface area contributed by atoms with Gasteiger partial charge in [-0.25, -0.2) is 9.50 Å². The van der Waals surface area contributed by atoms with Crippen LogP contribution in [0.3, 0.4) is 0 Å². The maximum absolute atomic E-state index is 4.31. The number of rotatable bonds is 3. The molecule has 0 saturated heterocycles. The summed E-state index contributed by atoms with van der Waals surface area (Å²) in [7, 11) is 0. The van der Waals surface area contributed by atoms with Gasteiger partial charge < -0.3 is 5.32 Å². The normalized spacial score (nSPS) is 11.3. The summed E-state index contributed by atoms with van der Waals surface area (Å²) >= 11 is 1.58. The van der Waals surface area contributed by atoms with Crippen molar-refractivity contribution >= 4 is 21.4 Å². The summed E-state index contributed by atoms with van der Waals surface area (Å²) in [6.07, 6.45) is 3.61. The minimum atomic E-state index is 0.635. The lowest BCUT2D eigenvalue weighted by Gasteiger charge is -2.03. The molecule has 1 N–H and O–H groups in total. The summed E-state index contributed by atoms with van der Waals surface area (Å²) in [5.41, 5.74) is 0. The summed E-state index contributed by atoms with van der Waals surface area (Å²) in [5.74, 6) is 0.635. The van der Waals surface area contributed by atoms with E-state index in [2.05, 4.69) is 29.2 Å². The Balaban J connectivity index is 2.11. The molecule has 0 aliphatic carbocycles. The highest BCUT2D eigenvalue weighted by molar-refractivity contribution is 7.20. The third kappa shape index (κ3) is 1.80. The molecular weight excluding hydrogens is 184 g/mol. The van der Waals surface area contributed by atoms with Crippen LogP contribution in [-0.2, 0) is 0 Å². The van der Waals surface area contributed by atoms with Crippen molar-refractivity contribution < 1.29 is 0 Å². The van der Waals surface area contributed by atoms with Crippen LogP contribution in [0.25, 0.3) is 4.96 Å². The topological polar surface area (TPSA) is 42.2 Å². The molecule has 0 unspecified atom stereocenters. The molecule has 0 aliphatic rings. The number of imidazole rings is 1. The maximum Gasteiger partial charge on any atom is 0.213 e. The second-order valence-corrected chi connectivity index (χ2v) is 4.29. The molecule has 0 aliphatic heterocycles. The van der Waals surface area contributed by atoms with Gasteiger partial charge in [0.15, 0.2) is 0 Å². The Morgan fingerprint density at radius 3 is 3.15 bits per heavy atom. The van der Waals surface area contributed by atoms with Crippen LogP contribution < -0.4 is 5.32 Å². The Morgan fingerprint density at radius 1 is 1.62 bits per heavy atom. The van der Waals surface area contributed by atoms with Crippen LogP contribution in [0.4, 0.5) is 5.13 Å². The first kappa shape index (κ1) is 8.50. The largest absolute Gasteiger partial charge is 0.360 e. The predicted octanol–water partition coefficient (Wildman–Crippen LogP) is 1.86. The van der Waals surface area contributed by atoms with E-state index in [-0.39, 0.29) is 0 Å². The summed E-state index contributed by atoms with van der Waals surface area (Å²) < 4.78 is 1.79. The quantitative estimate of drug-likeness (QED) is 0.814. The van der Waals surface area contributed by atoms with E-state index in [4.69, 9.17) is 0 Å². The Bertz CT molecular complexity index is 361. The van der Waals surface area contributed by atoms with E-state index in [1.165, 1.54) is 0 Å². The fraction of sp³-hybridized carbons (Fsp3) is 0.500. The number of hydrogen-bond acceptors (Lipinski definition) is 4. The van der Waals surface area contributed by atoms with Crippen molar-refractivity contribution in [2.24, 2.45) is 5.92 Å². The molecule has 0 radical (unpaired) electrons. The summed E-state index contributed by atoms with van der Waals surface area (Å²) in [6, 6.07) is 0. The van der Waals surface area contributed by atoms with Crippen LogP contribution in [0.15, 0.2) is 12.4 Å². The molecule has 0 fully saturated rings. The molecule has 2 aromatic rings. The highest BCUT2D eigenvalue weighted by Crippen LogP contribution is 2.17. The lowest BCUT2D eigenvalue weighted by atomic mass is 10.2. The zero-order chi connectivity index (χ0) is 9.26. The second kappa shape index (κ2) is 3.33. The number of hydrogen-bond donors (Lipinski definition) is 1. The van der Waals surface area contributed by atoms with Crippen molar-refractivity contribution in [2.45, 2.75) is 13.8 Å². The summed E-state index contributed by atoms with van der Waals surface area (Å²) in [4.78, 5) is 5.08. The van der Waals surface area contributed by atoms with Gasteiger partial charge in [0.05, 0.1) is 6.20 Å². The minimum Gasteiger partial charge on any atom is -0.360 e. The fourth-order valence-corrected chi connectivity index (χ4v) is 1.77. The zero-order valence-electron chi connectivity index (χ0n) is 7.69. The van der Waals surface area contributed by atoms with Crippen molar-refractivity contribution in [2.75, 3.05) is 11.9 Å². The van der Waals surface area contributed by atoms with E-state index < -0.39 is 0 Å². The van der Waals surface area contributed by atoms with Gasteiger partial charge in [-0.05, 0) is 5.92 Å². The molecule has 2 aromatic heterocycles. The Labute approximate surface area is 80.6 Å². The molecule has 4 nitrogen and oxygen atoms in total. The van der Waals surface area contributed by atoms with Crippen molar-refractivity contribution in [1.29, 1.82) is 0 Å². The zero-order valence-corrected chi connectivity index (χ0v) is 8.51. The first-order chi connectivity index (χ1) is 6.25. The average Bonchev–Trinajstić information content (AvgIpc) is 2.58. The Morgan fingerprint density at radius 2 is 2.46 bits per heavy atom. The van der Waals surface area contributed by atoms with Gasteiger partial charge in [0, 0.05) is 12.7 Å². The number of nitrogens with one attached hydrogen (secondary N) is 1. The Kier molecular flexibility index (Phi) is 2.18. The number of anilines is 1. The monoisotopic (exact) mass is 196 g/mol. The molecule has 13 heavy (non-hydrogen) atoms. The third-order valence-corrected chi connectivity index (χ3v) is 2.53. The van der Waals surface area contributed by atoms with Gasteiger partial charge >= 0.3 is 0 Å². The van der Waals surface area contributed by atoms with Gasteiger partial charge in [-0.2, -0.15) is 0 Å². The first-order valence-electron chi connectivity index (χ1n) is 4.30. The summed E-state index contributed by atoms with van der Waals surface area (Å²) in [6.45, 7) is 5.30. The van der Waals surface area contributed by atoms with Crippen molar-refractivity contribution in [3.8, 4) is 0 Å². The lowest BCUT2D eigenvalue weighted by Crippen LogP contribution is -2.07. The number of fused-ring (bicyclic) bond motifs is 1. The molecule has 70 valence electrons. The van der Waals surface area contributed by atoms with Crippen LogP contribution in [0.1, 0.15) is 13.8 Å². The van der Waals surface area contributed by atoms with E-state index in [9.17, 15) is 0 Å². The molecule has 0 aromatic carbocycles. The van der Waals surface area contributed by atoms with Crippen LogP contribution in [0.2, 0.25) is 0 Å². The highest BCUT2D eigenvalue weighted by Gasteiger charge is 2.03. The van der Waals surface area contributed by atoms with Crippen LogP contribution in [0, 0.1) is 5.92 Å². The van der Waals surface area contributed by atoms with E-state index in [1.807, 2.05) is 6.20 Å². The average molecular weight is 196 g/mol. The van der Waals surface area contributed by atoms with E-state index in [0.717, 1.165) is 16.6 Å². The van der Waals surface area contributed by atoms with Crippen LogP contribution >= 0.6 is 11.3 Å². The van der Waals surface area contributed by atoms with Gasteiger partial charge in [0.25, 0.3) is 0 Å². The van der Waals surface area contributed by atoms with E-state index in [1.54, 1.807) is 22.0 Å². The van der Waals surface area contributed by atoms with E-state index in [0.29, 0.717) is 5.92 Å². The molecule has 0 atom stereocenters. The highest BCUT2D eigenvalue weighted by atomic mass is 32.1. The molecule has 0 saturated carbocycles. The minimum absolute atomic E-state index is 0.635. The van der Waals surface area contributed by atoms with Crippen LogP contribution in [0.5, 0.6) is 0 Å². The van der Waals surface area contributed by atoms with Crippen molar-refractivity contribution in [3.05, 3.63) is 12.4 Å². The smallest absolute Gasteiger partial charge is 0.213 e. The molecule has 5 heteroatoms. The first-order valence-corrected chi connectivity index (χ1v) is 5.11. The van der Waals surface area contributed by atoms with Crippen LogP contribution in [-0.4, -0.2) is 21.1 Å². The molecule has 2 rings (SSSR count). The predicted molar refractivity (Wildman–Crippen MR) is 54.2 cm³/mol. The summed E-state index contributed by atoms with van der Waals surface area (Å²) in [5, 5.41) is 8.51. The van der Waals surface area contributed by atoms with Gasteiger partial charge in [-0.15, -0.1) is 5.10 Å².